The van der Waals surface area contributed by atoms with Gasteiger partial charge in [0.05, 0.1) is 11.1 Å². The summed E-state index contributed by atoms with van der Waals surface area (Å²) in [4.78, 5) is 0. The van der Waals surface area contributed by atoms with E-state index in [0.29, 0.717) is 18.3 Å². The zero-order valence-electron chi connectivity index (χ0n) is 10.5. The van der Waals surface area contributed by atoms with Crippen molar-refractivity contribution in [2.45, 2.75) is 39.5 Å². The Balaban J connectivity index is 2.50. The smallest absolute Gasteiger partial charge is 0.136 e. The molecule has 1 aromatic carbocycles. The van der Waals surface area contributed by atoms with Gasteiger partial charge in [-0.25, -0.2) is 4.39 Å². The van der Waals surface area contributed by atoms with E-state index < -0.39 is 0 Å². The van der Waals surface area contributed by atoms with Crippen molar-refractivity contribution >= 4 is 15.9 Å². The predicted octanol–water partition coefficient (Wildman–Crippen LogP) is 5.18. The molecule has 0 spiro atoms. The van der Waals surface area contributed by atoms with E-state index >= 15 is 0 Å². The third kappa shape index (κ3) is 5.07. The maximum absolute atomic E-state index is 13.1. The Kier molecular flexibility index (Phi) is 6.56. The summed E-state index contributed by atoms with van der Waals surface area (Å²) in [7, 11) is 0. The minimum Gasteiger partial charge on any atom is -0.492 e. The van der Waals surface area contributed by atoms with E-state index in [9.17, 15) is 4.39 Å². The average molecular weight is 303 g/mol. The van der Waals surface area contributed by atoms with Crippen molar-refractivity contribution in [1.29, 1.82) is 0 Å². The SMILES string of the molecule is CCCCC(CC)COc1cc(F)ccc1Br. The van der Waals surface area contributed by atoms with Crippen LogP contribution >= 0.6 is 15.9 Å². The first-order valence-electron chi connectivity index (χ1n) is 6.25. The molecule has 0 radical (unpaired) electrons. The molecule has 0 saturated heterocycles. The van der Waals surface area contributed by atoms with Crippen LogP contribution in [0.15, 0.2) is 22.7 Å². The van der Waals surface area contributed by atoms with Gasteiger partial charge in [0.25, 0.3) is 0 Å². The summed E-state index contributed by atoms with van der Waals surface area (Å²) < 4.78 is 19.5. The van der Waals surface area contributed by atoms with Crippen LogP contribution in [0.2, 0.25) is 0 Å². The molecule has 1 unspecified atom stereocenters. The summed E-state index contributed by atoms with van der Waals surface area (Å²) in [6.45, 7) is 5.03. The monoisotopic (exact) mass is 302 g/mol. The van der Waals surface area contributed by atoms with Gasteiger partial charge in [0.2, 0.25) is 0 Å². The van der Waals surface area contributed by atoms with Gasteiger partial charge in [0.15, 0.2) is 0 Å². The zero-order chi connectivity index (χ0) is 12.7. The minimum absolute atomic E-state index is 0.259. The van der Waals surface area contributed by atoms with Gasteiger partial charge in [0, 0.05) is 6.07 Å². The van der Waals surface area contributed by atoms with Crippen molar-refractivity contribution in [1.82, 2.24) is 0 Å². The van der Waals surface area contributed by atoms with Crippen molar-refractivity contribution in [3.63, 3.8) is 0 Å². The second kappa shape index (κ2) is 7.70. The number of hydrogen-bond donors (Lipinski definition) is 0. The minimum atomic E-state index is -0.259. The third-order valence-electron chi connectivity index (χ3n) is 2.91. The number of halogens is 2. The molecule has 0 aromatic heterocycles. The fourth-order valence-corrected chi connectivity index (χ4v) is 2.05. The molecule has 0 amide bonds. The number of benzene rings is 1. The highest BCUT2D eigenvalue weighted by Crippen LogP contribution is 2.26. The van der Waals surface area contributed by atoms with Gasteiger partial charge in [-0.1, -0.05) is 33.1 Å². The maximum atomic E-state index is 13.1. The summed E-state index contributed by atoms with van der Waals surface area (Å²) in [6, 6.07) is 4.53. The molecule has 0 fully saturated rings. The molecule has 1 nitrogen and oxygen atoms in total. The maximum Gasteiger partial charge on any atom is 0.136 e. The molecule has 1 atom stereocenters. The standard InChI is InChI=1S/C14H20BrFO/c1-3-5-6-11(4-2)10-17-14-9-12(16)7-8-13(14)15/h7-9,11H,3-6,10H2,1-2H3. The second-order valence-electron chi connectivity index (χ2n) is 4.30. The third-order valence-corrected chi connectivity index (χ3v) is 3.57. The van der Waals surface area contributed by atoms with Crippen LogP contribution in [0.5, 0.6) is 5.75 Å². The van der Waals surface area contributed by atoms with Crippen molar-refractivity contribution in [2.75, 3.05) is 6.61 Å². The Labute approximate surface area is 111 Å². The largest absolute Gasteiger partial charge is 0.492 e. The van der Waals surface area contributed by atoms with Gasteiger partial charge < -0.3 is 4.74 Å². The van der Waals surface area contributed by atoms with E-state index in [2.05, 4.69) is 29.8 Å². The van der Waals surface area contributed by atoms with Crippen molar-refractivity contribution in [2.24, 2.45) is 5.92 Å². The van der Waals surface area contributed by atoms with Crippen molar-refractivity contribution in [3.8, 4) is 5.75 Å². The van der Waals surface area contributed by atoms with Gasteiger partial charge in [-0.15, -0.1) is 0 Å². The number of rotatable bonds is 7. The molecule has 0 saturated carbocycles. The predicted molar refractivity (Wildman–Crippen MR) is 72.9 cm³/mol. The van der Waals surface area contributed by atoms with Gasteiger partial charge in [-0.3, -0.25) is 0 Å². The topological polar surface area (TPSA) is 9.23 Å². The molecule has 0 aliphatic carbocycles. The molecular weight excluding hydrogens is 283 g/mol. The van der Waals surface area contributed by atoms with E-state index in [1.807, 2.05) is 0 Å². The molecule has 0 heterocycles. The Morgan fingerprint density at radius 2 is 2.12 bits per heavy atom. The Hall–Kier alpha value is -0.570. The normalized spacial score (nSPS) is 12.5. The highest BCUT2D eigenvalue weighted by molar-refractivity contribution is 9.10. The molecule has 96 valence electrons. The Morgan fingerprint density at radius 1 is 1.35 bits per heavy atom. The first-order chi connectivity index (χ1) is 8.17. The van der Waals surface area contributed by atoms with Crippen LogP contribution in [0, 0.1) is 11.7 Å². The number of unbranched alkanes of at least 4 members (excludes halogenated alkanes) is 1. The van der Waals surface area contributed by atoms with Gasteiger partial charge >= 0.3 is 0 Å². The first-order valence-corrected chi connectivity index (χ1v) is 7.04. The van der Waals surface area contributed by atoms with Gasteiger partial charge in [-0.05, 0) is 40.4 Å². The lowest BCUT2D eigenvalue weighted by Gasteiger charge is -2.16. The summed E-state index contributed by atoms with van der Waals surface area (Å²) in [6.07, 6.45) is 4.72. The number of hydrogen-bond acceptors (Lipinski definition) is 1. The molecule has 17 heavy (non-hydrogen) atoms. The van der Waals surface area contributed by atoms with E-state index in [1.54, 1.807) is 6.07 Å². The summed E-state index contributed by atoms with van der Waals surface area (Å²) in [5.41, 5.74) is 0. The van der Waals surface area contributed by atoms with E-state index in [0.717, 1.165) is 10.9 Å². The van der Waals surface area contributed by atoms with Gasteiger partial charge in [-0.2, -0.15) is 0 Å². The van der Waals surface area contributed by atoms with Crippen LogP contribution in [-0.2, 0) is 0 Å². The molecule has 0 N–H and O–H groups in total. The fourth-order valence-electron chi connectivity index (χ4n) is 1.69. The van der Waals surface area contributed by atoms with Crippen molar-refractivity contribution in [3.05, 3.63) is 28.5 Å². The van der Waals surface area contributed by atoms with E-state index in [4.69, 9.17) is 4.74 Å². The average Bonchev–Trinajstić information content (AvgIpc) is 2.33. The quantitative estimate of drug-likeness (QED) is 0.674. The van der Waals surface area contributed by atoms with Crippen molar-refractivity contribution < 1.29 is 9.13 Å². The highest BCUT2D eigenvalue weighted by atomic mass is 79.9. The molecule has 0 aliphatic rings. The number of ether oxygens (including phenoxy) is 1. The molecule has 0 bridgehead atoms. The van der Waals surface area contributed by atoms with Crippen LogP contribution in [0.3, 0.4) is 0 Å². The lowest BCUT2D eigenvalue weighted by atomic mass is 10.0. The lowest BCUT2D eigenvalue weighted by molar-refractivity contribution is 0.231. The molecule has 0 aliphatic heterocycles. The first kappa shape index (κ1) is 14.5. The van der Waals surface area contributed by atoms with E-state index in [-0.39, 0.29) is 5.82 Å². The fraction of sp³-hybridized carbons (Fsp3) is 0.571. The summed E-state index contributed by atoms with van der Waals surface area (Å²) in [5, 5.41) is 0. The van der Waals surface area contributed by atoms with Crippen LogP contribution in [0.4, 0.5) is 4.39 Å². The molecule has 1 rings (SSSR count). The van der Waals surface area contributed by atoms with Crippen LogP contribution in [-0.4, -0.2) is 6.61 Å². The van der Waals surface area contributed by atoms with Gasteiger partial charge in [0.1, 0.15) is 11.6 Å². The Bertz CT molecular complexity index is 341. The zero-order valence-corrected chi connectivity index (χ0v) is 12.1. The highest BCUT2D eigenvalue weighted by Gasteiger charge is 2.09. The summed E-state index contributed by atoms with van der Waals surface area (Å²) >= 11 is 3.36. The van der Waals surface area contributed by atoms with E-state index in [1.165, 1.54) is 31.4 Å². The Morgan fingerprint density at radius 3 is 2.76 bits per heavy atom. The molecular formula is C14H20BrFO. The van der Waals surface area contributed by atoms with Crippen LogP contribution in [0.1, 0.15) is 39.5 Å². The lowest BCUT2D eigenvalue weighted by Crippen LogP contribution is -2.11. The molecule has 1 aromatic rings. The molecule has 3 heteroatoms. The van der Waals surface area contributed by atoms with Crippen LogP contribution in [0.25, 0.3) is 0 Å². The second-order valence-corrected chi connectivity index (χ2v) is 5.16. The van der Waals surface area contributed by atoms with Crippen LogP contribution < -0.4 is 4.74 Å². The summed E-state index contributed by atoms with van der Waals surface area (Å²) in [5.74, 6) is 0.898.